The van der Waals surface area contributed by atoms with Crippen LogP contribution >= 0.6 is 0 Å². The summed E-state index contributed by atoms with van der Waals surface area (Å²) in [5, 5.41) is 14.0. The molecule has 1 saturated heterocycles. The fourth-order valence-corrected chi connectivity index (χ4v) is 3.42. The summed E-state index contributed by atoms with van der Waals surface area (Å²) in [5.74, 6) is 1.78. The molecular formula is C21H22N4O2. The highest BCUT2D eigenvalue weighted by atomic mass is 16.5. The van der Waals surface area contributed by atoms with Gasteiger partial charge in [-0.05, 0) is 31.2 Å². The fraction of sp³-hybridized carbons (Fsp3) is 0.286. The first-order valence-electron chi connectivity index (χ1n) is 9.13. The lowest BCUT2D eigenvalue weighted by molar-refractivity contribution is -0.125. The summed E-state index contributed by atoms with van der Waals surface area (Å²) in [6, 6.07) is 16.0. The number of nitrogens with zero attached hydrogens (tertiary/aromatic N) is 3. The van der Waals surface area contributed by atoms with Gasteiger partial charge in [0.1, 0.15) is 11.4 Å². The molecule has 4 rings (SSSR count). The predicted molar refractivity (Wildman–Crippen MR) is 106 cm³/mol. The molecule has 2 heterocycles. The van der Waals surface area contributed by atoms with Crippen LogP contribution in [0.3, 0.4) is 0 Å². The number of methoxy groups -OCH3 is 1. The van der Waals surface area contributed by atoms with Crippen LogP contribution in [0.5, 0.6) is 5.75 Å². The van der Waals surface area contributed by atoms with Crippen molar-refractivity contribution < 1.29 is 9.53 Å². The van der Waals surface area contributed by atoms with Gasteiger partial charge in [0, 0.05) is 36.0 Å². The summed E-state index contributed by atoms with van der Waals surface area (Å²) in [7, 11) is 1.65. The molecule has 27 heavy (non-hydrogen) atoms. The third-order valence-corrected chi connectivity index (χ3v) is 4.93. The second-order valence-corrected chi connectivity index (χ2v) is 6.64. The molecule has 3 aromatic rings. The van der Waals surface area contributed by atoms with Crippen LogP contribution in [0.4, 0.5) is 5.82 Å². The zero-order valence-corrected chi connectivity index (χ0v) is 15.5. The highest BCUT2D eigenvalue weighted by molar-refractivity contribution is 6.00. The number of carbonyl (C=O) groups is 1. The van der Waals surface area contributed by atoms with Crippen LogP contribution in [0.1, 0.15) is 6.92 Å². The summed E-state index contributed by atoms with van der Waals surface area (Å²) in [6.45, 7) is 3.94. The average Bonchev–Trinajstić information content (AvgIpc) is 2.67. The van der Waals surface area contributed by atoms with Crippen LogP contribution in [0, 0.1) is 5.92 Å². The molecule has 138 valence electrons. The number of benzene rings is 2. The molecule has 1 fully saturated rings. The Morgan fingerprint density at radius 2 is 1.81 bits per heavy atom. The summed E-state index contributed by atoms with van der Waals surface area (Å²) < 4.78 is 5.24. The summed E-state index contributed by atoms with van der Waals surface area (Å²) in [5.41, 5.74) is 1.84. The Morgan fingerprint density at radius 3 is 2.48 bits per heavy atom. The first-order chi connectivity index (χ1) is 13.2. The van der Waals surface area contributed by atoms with E-state index >= 15 is 0 Å². The third kappa shape index (κ3) is 3.18. The second-order valence-electron chi connectivity index (χ2n) is 6.64. The number of hydrogen-bond donors (Lipinski definition) is 1. The molecule has 1 aromatic heterocycles. The van der Waals surface area contributed by atoms with Gasteiger partial charge in [-0.1, -0.05) is 24.3 Å². The number of nitrogens with one attached hydrogen (secondary N) is 1. The van der Waals surface area contributed by atoms with Crippen molar-refractivity contribution in [2.24, 2.45) is 5.92 Å². The molecule has 6 nitrogen and oxygen atoms in total. The van der Waals surface area contributed by atoms with Gasteiger partial charge in [-0.2, -0.15) is 0 Å². The minimum atomic E-state index is 0.0202. The van der Waals surface area contributed by atoms with Gasteiger partial charge in [0.05, 0.1) is 13.0 Å². The maximum atomic E-state index is 12.0. The van der Waals surface area contributed by atoms with Crippen molar-refractivity contribution in [2.75, 3.05) is 31.6 Å². The van der Waals surface area contributed by atoms with Crippen LogP contribution in [0.15, 0.2) is 48.5 Å². The largest absolute Gasteiger partial charge is 0.497 e. The first-order valence-corrected chi connectivity index (χ1v) is 9.13. The lowest BCUT2D eigenvalue weighted by Crippen LogP contribution is -2.54. The Kier molecular flexibility index (Phi) is 4.62. The monoisotopic (exact) mass is 362 g/mol. The van der Waals surface area contributed by atoms with E-state index in [-0.39, 0.29) is 11.8 Å². The number of amides is 1. The minimum absolute atomic E-state index is 0.0202. The molecular weight excluding hydrogens is 340 g/mol. The maximum Gasteiger partial charge on any atom is 0.226 e. The quantitative estimate of drug-likeness (QED) is 0.756. The molecule has 0 spiro atoms. The molecule has 0 saturated carbocycles. The van der Waals surface area contributed by atoms with E-state index in [0.29, 0.717) is 19.6 Å². The Labute approximate surface area is 158 Å². The van der Waals surface area contributed by atoms with Crippen molar-refractivity contribution >= 4 is 22.5 Å². The number of anilines is 1. The number of aromatic nitrogens is 2. The number of rotatable bonds is 5. The number of hydrogen-bond acceptors (Lipinski definition) is 5. The van der Waals surface area contributed by atoms with Gasteiger partial charge >= 0.3 is 0 Å². The van der Waals surface area contributed by atoms with E-state index < -0.39 is 0 Å². The van der Waals surface area contributed by atoms with Gasteiger partial charge in [-0.3, -0.25) is 4.79 Å². The van der Waals surface area contributed by atoms with Crippen molar-refractivity contribution in [3.05, 3.63) is 48.5 Å². The topological polar surface area (TPSA) is 67.4 Å². The standard InChI is InChI=1S/C21H22N4O2/c1-3-22-21(26)15-12-25(13-15)20-18-7-5-4-6-17(18)19(23-24-20)14-8-10-16(27-2)11-9-14/h4-11,15H,3,12-13H2,1-2H3,(H,22,26). The molecule has 0 radical (unpaired) electrons. The Balaban J connectivity index is 1.66. The molecule has 1 amide bonds. The lowest BCUT2D eigenvalue weighted by atomic mass is 9.97. The predicted octanol–water partition coefficient (Wildman–Crippen LogP) is 2.88. The molecule has 0 aliphatic carbocycles. The van der Waals surface area contributed by atoms with E-state index in [1.807, 2.05) is 43.3 Å². The molecule has 0 bridgehead atoms. The van der Waals surface area contributed by atoms with Crippen molar-refractivity contribution in [1.82, 2.24) is 15.5 Å². The summed E-state index contributed by atoms with van der Waals surface area (Å²) in [4.78, 5) is 14.1. The minimum Gasteiger partial charge on any atom is -0.497 e. The lowest BCUT2D eigenvalue weighted by Gasteiger charge is -2.39. The van der Waals surface area contributed by atoms with Crippen molar-refractivity contribution in [1.29, 1.82) is 0 Å². The molecule has 1 aliphatic rings. The summed E-state index contributed by atoms with van der Waals surface area (Å²) >= 11 is 0. The maximum absolute atomic E-state index is 12.0. The fourth-order valence-electron chi connectivity index (χ4n) is 3.42. The molecule has 0 unspecified atom stereocenters. The number of fused-ring (bicyclic) bond motifs is 1. The highest BCUT2D eigenvalue weighted by Crippen LogP contribution is 2.34. The molecule has 6 heteroatoms. The normalized spacial score (nSPS) is 14.1. The van der Waals surface area contributed by atoms with Crippen LogP contribution < -0.4 is 15.0 Å². The Bertz CT molecular complexity index is 966. The van der Waals surface area contributed by atoms with Crippen LogP contribution in [-0.2, 0) is 4.79 Å². The van der Waals surface area contributed by atoms with Gasteiger partial charge < -0.3 is 15.0 Å². The molecule has 2 aromatic carbocycles. The van der Waals surface area contributed by atoms with Gasteiger partial charge in [-0.15, -0.1) is 10.2 Å². The van der Waals surface area contributed by atoms with E-state index in [1.165, 1.54) is 0 Å². The van der Waals surface area contributed by atoms with E-state index in [2.05, 4.69) is 32.5 Å². The van der Waals surface area contributed by atoms with Gasteiger partial charge in [0.2, 0.25) is 5.91 Å². The van der Waals surface area contributed by atoms with Crippen molar-refractivity contribution in [3.8, 4) is 17.0 Å². The molecule has 1 N–H and O–H groups in total. The van der Waals surface area contributed by atoms with E-state index in [9.17, 15) is 4.79 Å². The number of carbonyl (C=O) groups excluding carboxylic acids is 1. The first kappa shape index (κ1) is 17.3. The molecule has 1 aliphatic heterocycles. The average molecular weight is 362 g/mol. The van der Waals surface area contributed by atoms with E-state index in [4.69, 9.17) is 4.74 Å². The Hall–Kier alpha value is -3.15. The second kappa shape index (κ2) is 7.23. The zero-order valence-electron chi connectivity index (χ0n) is 15.5. The van der Waals surface area contributed by atoms with Crippen LogP contribution in [0.25, 0.3) is 22.0 Å². The van der Waals surface area contributed by atoms with Crippen LogP contribution in [0.2, 0.25) is 0 Å². The Morgan fingerprint density at radius 1 is 1.11 bits per heavy atom. The molecule has 0 atom stereocenters. The van der Waals surface area contributed by atoms with Crippen molar-refractivity contribution in [2.45, 2.75) is 6.92 Å². The smallest absolute Gasteiger partial charge is 0.226 e. The van der Waals surface area contributed by atoms with Crippen LogP contribution in [-0.4, -0.2) is 42.8 Å². The van der Waals surface area contributed by atoms with Crippen molar-refractivity contribution in [3.63, 3.8) is 0 Å². The summed E-state index contributed by atoms with van der Waals surface area (Å²) in [6.07, 6.45) is 0. The SMILES string of the molecule is CCNC(=O)C1CN(c2nnc(-c3ccc(OC)cc3)c3ccccc23)C1. The third-order valence-electron chi connectivity index (χ3n) is 4.93. The van der Waals surface area contributed by atoms with Gasteiger partial charge in [-0.25, -0.2) is 0 Å². The zero-order chi connectivity index (χ0) is 18.8. The van der Waals surface area contributed by atoms with E-state index in [1.54, 1.807) is 7.11 Å². The number of ether oxygens (including phenoxy) is 1. The van der Waals surface area contributed by atoms with Gasteiger partial charge in [0.25, 0.3) is 0 Å². The van der Waals surface area contributed by atoms with Gasteiger partial charge in [0.15, 0.2) is 5.82 Å². The highest BCUT2D eigenvalue weighted by Gasteiger charge is 2.34. The van der Waals surface area contributed by atoms with E-state index in [0.717, 1.165) is 33.6 Å².